The average molecular weight is 286 g/mol. The highest BCUT2D eigenvalue weighted by Gasteiger charge is 2.18. The molecule has 0 aliphatic carbocycles. The fourth-order valence-electron chi connectivity index (χ4n) is 1.59. The number of aliphatic carboxylic acids is 1. The second-order valence-electron chi connectivity index (χ2n) is 3.83. The lowest BCUT2D eigenvalue weighted by Gasteiger charge is -2.25. The molecule has 0 saturated carbocycles. The van der Waals surface area contributed by atoms with Crippen molar-refractivity contribution in [3.8, 4) is 0 Å². The molecular formula is C9H14N6O3S. The molecule has 1 fully saturated rings. The lowest BCUT2D eigenvalue weighted by molar-refractivity contribution is -0.135. The molecule has 0 unspecified atom stereocenters. The van der Waals surface area contributed by atoms with E-state index in [1.54, 1.807) is 0 Å². The molecule has 1 aromatic heterocycles. The smallest absolute Gasteiger partial charge is 0.322 e. The van der Waals surface area contributed by atoms with Crippen molar-refractivity contribution in [1.82, 2.24) is 20.1 Å². The molecule has 0 bridgehead atoms. The van der Waals surface area contributed by atoms with E-state index in [0.29, 0.717) is 32.3 Å². The van der Waals surface area contributed by atoms with Gasteiger partial charge in [0, 0.05) is 13.1 Å². The van der Waals surface area contributed by atoms with Gasteiger partial charge in [-0.05, 0) is 12.2 Å². The molecule has 1 saturated heterocycles. The van der Waals surface area contributed by atoms with Crippen LogP contribution in [0, 0.1) is 0 Å². The zero-order chi connectivity index (χ0) is 13.8. The molecule has 4 N–H and O–H groups in total. The Balaban J connectivity index is 2.07. The molecule has 0 radical (unpaired) electrons. The van der Waals surface area contributed by atoms with E-state index in [1.165, 1.54) is 4.68 Å². The largest absolute Gasteiger partial charge is 0.480 e. The first-order valence-electron chi connectivity index (χ1n) is 5.63. The van der Waals surface area contributed by atoms with Crippen LogP contribution < -0.4 is 16.0 Å². The SMILES string of the molecule is Nc1nc(N2CCOCC2)nn1C(=S)NCC(=O)O. The van der Waals surface area contributed by atoms with Gasteiger partial charge in [-0.1, -0.05) is 0 Å². The number of rotatable bonds is 3. The van der Waals surface area contributed by atoms with E-state index < -0.39 is 5.97 Å². The molecule has 0 aromatic carbocycles. The van der Waals surface area contributed by atoms with Crippen molar-refractivity contribution < 1.29 is 14.6 Å². The van der Waals surface area contributed by atoms with E-state index in [4.69, 9.17) is 27.8 Å². The van der Waals surface area contributed by atoms with Crippen LogP contribution in [0.1, 0.15) is 0 Å². The molecule has 104 valence electrons. The van der Waals surface area contributed by atoms with Crippen LogP contribution in [0.2, 0.25) is 0 Å². The third-order valence-electron chi connectivity index (χ3n) is 2.50. The van der Waals surface area contributed by atoms with Gasteiger partial charge in [0.15, 0.2) is 5.11 Å². The quantitative estimate of drug-likeness (QED) is 0.570. The Morgan fingerprint density at radius 2 is 2.21 bits per heavy atom. The molecule has 9 nitrogen and oxygen atoms in total. The van der Waals surface area contributed by atoms with Crippen LogP contribution in [0.15, 0.2) is 0 Å². The van der Waals surface area contributed by atoms with Crippen LogP contribution in [-0.2, 0) is 9.53 Å². The van der Waals surface area contributed by atoms with Crippen LogP contribution in [0.3, 0.4) is 0 Å². The van der Waals surface area contributed by atoms with E-state index in [0.717, 1.165) is 0 Å². The normalized spacial score (nSPS) is 15.3. The predicted octanol–water partition coefficient (Wildman–Crippen LogP) is -1.50. The minimum atomic E-state index is -1.02. The predicted molar refractivity (Wildman–Crippen MR) is 71.1 cm³/mol. The van der Waals surface area contributed by atoms with E-state index in [-0.39, 0.29) is 17.6 Å². The number of nitrogens with two attached hydrogens (primary N) is 1. The molecule has 19 heavy (non-hydrogen) atoms. The summed E-state index contributed by atoms with van der Waals surface area (Å²) in [6.45, 7) is 2.27. The zero-order valence-corrected chi connectivity index (χ0v) is 10.9. The van der Waals surface area contributed by atoms with Crippen LogP contribution in [0.25, 0.3) is 0 Å². The molecular weight excluding hydrogens is 272 g/mol. The molecule has 2 rings (SSSR count). The standard InChI is InChI=1S/C9H14N6O3S/c10-7-12-8(14-1-3-18-4-2-14)13-15(7)9(19)11-5-6(16)17/h1-5H2,(H,11,19)(H,16,17)(H2,10,12,13). The lowest BCUT2D eigenvalue weighted by atomic mass is 10.4. The number of nitrogens with one attached hydrogen (secondary N) is 1. The van der Waals surface area contributed by atoms with Crippen molar-refractivity contribution in [2.75, 3.05) is 43.5 Å². The summed E-state index contributed by atoms with van der Waals surface area (Å²) in [5.41, 5.74) is 5.71. The van der Waals surface area contributed by atoms with Crippen molar-refractivity contribution in [3.05, 3.63) is 0 Å². The fourth-order valence-corrected chi connectivity index (χ4v) is 1.79. The highest BCUT2D eigenvalue weighted by atomic mass is 32.1. The Labute approximate surface area is 114 Å². The maximum atomic E-state index is 10.5. The topological polar surface area (TPSA) is 119 Å². The summed E-state index contributed by atoms with van der Waals surface area (Å²) >= 11 is 5.00. The number of carboxylic acid groups (broad SMARTS) is 1. The number of anilines is 2. The molecule has 0 atom stereocenters. The summed E-state index contributed by atoms with van der Waals surface area (Å²) < 4.78 is 6.44. The highest BCUT2D eigenvalue weighted by molar-refractivity contribution is 7.80. The first-order valence-corrected chi connectivity index (χ1v) is 6.04. The first kappa shape index (κ1) is 13.5. The van der Waals surface area contributed by atoms with Crippen LogP contribution in [-0.4, -0.2) is 63.8 Å². The van der Waals surface area contributed by atoms with E-state index >= 15 is 0 Å². The van der Waals surface area contributed by atoms with E-state index in [1.807, 2.05) is 4.90 Å². The van der Waals surface area contributed by atoms with Gasteiger partial charge in [-0.15, -0.1) is 5.10 Å². The lowest BCUT2D eigenvalue weighted by Crippen LogP contribution is -2.37. The summed E-state index contributed by atoms with van der Waals surface area (Å²) in [5, 5.41) is 15.4. The number of morpholine rings is 1. The Hall–Kier alpha value is -1.94. The molecule has 1 aliphatic heterocycles. The van der Waals surface area contributed by atoms with Crippen LogP contribution in [0.4, 0.5) is 11.9 Å². The third kappa shape index (κ3) is 3.29. The van der Waals surface area contributed by atoms with Crippen molar-refractivity contribution >= 4 is 35.2 Å². The molecule has 10 heteroatoms. The summed E-state index contributed by atoms with van der Waals surface area (Å²) in [7, 11) is 0. The van der Waals surface area contributed by atoms with Crippen molar-refractivity contribution in [1.29, 1.82) is 0 Å². The molecule has 1 aliphatic rings. The Kier molecular flexibility index (Phi) is 4.12. The van der Waals surface area contributed by atoms with Gasteiger partial charge in [0.25, 0.3) is 0 Å². The second-order valence-corrected chi connectivity index (χ2v) is 4.22. The van der Waals surface area contributed by atoms with Gasteiger partial charge < -0.3 is 25.8 Å². The summed E-state index contributed by atoms with van der Waals surface area (Å²) in [6.07, 6.45) is 0. The van der Waals surface area contributed by atoms with E-state index in [9.17, 15) is 4.79 Å². The summed E-state index contributed by atoms with van der Waals surface area (Å²) in [4.78, 5) is 16.5. The van der Waals surface area contributed by atoms with Gasteiger partial charge in [-0.3, -0.25) is 4.79 Å². The second kappa shape index (κ2) is 5.80. The number of thiocarbonyl (C=S) groups is 1. The molecule has 2 heterocycles. The van der Waals surface area contributed by atoms with E-state index in [2.05, 4.69) is 15.4 Å². The maximum Gasteiger partial charge on any atom is 0.322 e. The van der Waals surface area contributed by atoms with Gasteiger partial charge >= 0.3 is 5.97 Å². The Morgan fingerprint density at radius 3 is 2.84 bits per heavy atom. The van der Waals surface area contributed by atoms with Crippen LogP contribution >= 0.6 is 12.2 Å². The van der Waals surface area contributed by atoms with Gasteiger partial charge in [0.1, 0.15) is 6.54 Å². The Morgan fingerprint density at radius 1 is 1.53 bits per heavy atom. The number of aromatic nitrogens is 3. The van der Waals surface area contributed by atoms with Gasteiger partial charge in [0.05, 0.1) is 13.2 Å². The highest BCUT2D eigenvalue weighted by Crippen LogP contribution is 2.12. The van der Waals surface area contributed by atoms with Crippen molar-refractivity contribution in [2.45, 2.75) is 0 Å². The average Bonchev–Trinajstić information content (AvgIpc) is 2.79. The molecule has 0 spiro atoms. The molecule has 1 aromatic rings. The zero-order valence-electron chi connectivity index (χ0n) is 10.1. The van der Waals surface area contributed by atoms with Crippen LogP contribution in [0.5, 0.6) is 0 Å². The number of ether oxygens (including phenoxy) is 1. The maximum absolute atomic E-state index is 10.5. The summed E-state index contributed by atoms with van der Waals surface area (Å²) in [6, 6.07) is 0. The van der Waals surface area contributed by atoms with Crippen molar-refractivity contribution in [3.63, 3.8) is 0 Å². The number of nitrogens with zero attached hydrogens (tertiary/aromatic N) is 4. The third-order valence-corrected chi connectivity index (χ3v) is 2.82. The minimum absolute atomic E-state index is 0.104. The number of carboxylic acids is 1. The number of nitrogen functional groups attached to an aromatic ring is 1. The summed E-state index contributed by atoms with van der Waals surface area (Å²) in [5.74, 6) is -0.445. The minimum Gasteiger partial charge on any atom is -0.480 e. The Bertz CT molecular complexity index is 484. The number of hydrogen-bond donors (Lipinski definition) is 3. The molecule has 0 amide bonds. The van der Waals surface area contributed by atoms with Gasteiger partial charge in [0.2, 0.25) is 11.9 Å². The number of hydrogen-bond acceptors (Lipinski definition) is 7. The van der Waals surface area contributed by atoms with Gasteiger partial charge in [-0.2, -0.15) is 9.67 Å². The first-order chi connectivity index (χ1) is 9.08. The van der Waals surface area contributed by atoms with Gasteiger partial charge in [-0.25, -0.2) is 0 Å². The van der Waals surface area contributed by atoms with Crippen molar-refractivity contribution in [2.24, 2.45) is 0 Å². The fraction of sp³-hybridized carbons (Fsp3) is 0.556. The number of carbonyl (C=O) groups is 1. The monoisotopic (exact) mass is 286 g/mol.